The summed E-state index contributed by atoms with van der Waals surface area (Å²) in [6.45, 7) is 1.06. The Labute approximate surface area is 162 Å². The third kappa shape index (κ3) is 5.50. The van der Waals surface area contributed by atoms with Gasteiger partial charge in [-0.15, -0.1) is 0 Å². The second kappa shape index (κ2) is 9.27. The third-order valence-electron chi connectivity index (χ3n) is 4.68. The summed E-state index contributed by atoms with van der Waals surface area (Å²) in [5, 5.41) is 8.76. The van der Waals surface area contributed by atoms with Crippen molar-refractivity contribution in [1.29, 1.82) is 0 Å². The summed E-state index contributed by atoms with van der Waals surface area (Å²) in [7, 11) is 0. The lowest BCUT2D eigenvalue weighted by Gasteiger charge is -2.21. The van der Waals surface area contributed by atoms with E-state index >= 15 is 0 Å². The van der Waals surface area contributed by atoms with Gasteiger partial charge in [-0.25, -0.2) is 9.37 Å². The van der Waals surface area contributed by atoms with Crippen LogP contribution in [0.2, 0.25) is 0 Å². The van der Waals surface area contributed by atoms with Crippen molar-refractivity contribution in [2.24, 2.45) is 0 Å². The van der Waals surface area contributed by atoms with E-state index in [2.05, 4.69) is 20.9 Å². The molecule has 28 heavy (non-hydrogen) atoms. The molecule has 0 bridgehead atoms. The van der Waals surface area contributed by atoms with Gasteiger partial charge in [-0.1, -0.05) is 18.2 Å². The number of carbonyl (C=O) groups excluding carboxylic acids is 2. The SMILES string of the molecule is Nc1ccc(CNC(=O)[C@@H](Cc2ccc(F)cc2)NC(=O)[C@@H]2CCCN2)cn1. The molecule has 1 saturated heterocycles. The fraction of sp³-hybridized carbons (Fsp3) is 0.350. The van der Waals surface area contributed by atoms with E-state index in [4.69, 9.17) is 5.73 Å². The second-order valence-electron chi connectivity index (χ2n) is 6.85. The first kappa shape index (κ1) is 19.8. The second-order valence-corrected chi connectivity index (χ2v) is 6.85. The highest BCUT2D eigenvalue weighted by atomic mass is 19.1. The Bertz CT molecular complexity index is 804. The van der Waals surface area contributed by atoms with E-state index in [-0.39, 0.29) is 36.6 Å². The largest absolute Gasteiger partial charge is 0.384 e. The zero-order valence-electron chi connectivity index (χ0n) is 15.5. The van der Waals surface area contributed by atoms with Crippen molar-refractivity contribution in [2.75, 3.05) is 12.3 Å². The van der Waals surface area contributed by atoms with Crippen LogP contribution in [0, 0.1) is 5.82 Å². The summed E-state index contributed by atoms with van der Waals surface area (Å²) in [6.07, 6.45) is 3.53. The van der Waals surface area contributed by atoms with Gasteiger partial charge in [-0.05, 0) is 48.7 Å². The highest BCUT2D eigenvalue weighted by Gasteiger charge is 2.27. The molecule has 0 spiro atoms. The van der Waals surface area contributed by atoms with E-state index in [1.165, 1.54) is 12.1 Å². The maximum absolute atomic E-state index is 13.2. The van der Waals surface area contributed by atoms with Crippen LogP contribution < -0.4 is 21.7 Å². The van der Waals surface area contributed by atoms with Crippen molar-refractivity contribution in [3.05, 3.63) is 59.5 Å². The number of carbonyl (C=O) groups is 2. The lowest BCUT2D eigenvalue weighted by Crippen LogP contribution is -2.52. The molecule has 1 aromatic carbocycles. The summed E-state index contributed by atoms with van der Waals surface area (Å²) in [4.78, 5) is 29.2. The van der Waals surface area contributed by atoms with Gasteiger partial charge in [0.1, 0.15) is 17.7 Å². The highest BCUT2D eigenvalue weighted by Crippen LogP contribution is 2.09. The number of nitrogens with two attached hydrogens (primary N) is 1. The number of pyridine rings is 1. The number of hydrogen-bond acceptors (Lipinski definition) is 5. The van der Waals surface area contributed by atoms with Crippen LogP contribution in [-0.2, 0) is 22.6 Å². The third-order valence-corrected chi connectivity index (χ3v) is 4.68. The molecule has 2 heterocycles. The molecule has 0 aliphatic carbocycles. The standard InChI is InChI=1S/C20H24FN5O2/c21-15-6-3-13(4-7-15)10-17(26-20(28)16-2-1-9-23-16)19(27)25-12-14-5-8-18(22)24-11-14/h3-8,11,16-17,23H,1-2,9-10,12H2,(H2,22,24)(H,25,27)(H,26,28)/t16-,17+/m0/s1. The number of nitrogens with zero attached hydrogens (tertiary/aromatic N) is 1. The number of aromatic nitrogens is 1. The van der Waals surface area contributed by atoms with E-state index in [0.717, 1.165) is 30.5 Å². The molecule has 148 valence electrons. The van der Waals surface area contributed by atoms with Gasteiger partial charge in [-0.3, -0.25) is 9.59 Å². The quantitative estimate of drug-likeness (QED) is 0.566. The van der Waals surface area contributed by atoms with E-state index in [9.17, 15) is 14.0 Å². The highest BCUT2D eigenvalue weighted by molar-refractivity contribution is 5.90. The van der Waals surface area contributed by atoms with Crippen LogP contribution in [-0.4, -0.2) is 35.4 Å². The van der Waals surface area contributed by atoms with Crippen molar-refractivity contribution in [1.82, 2.24) is 20.9 Å². The predicted molar refractivity (Wildman–Crippen MR) is 104 cm³/mol. The Morgan fingerprint density at radius 2 is 1.96 bits per heavy atom. The number of nitrogen functional groups attached to an aromatic ring is 1. The minimum atomic E-state index is -0.762. The normalized spacial score (nSPS) is 17.1. The molecule has 2 aromatic rings. The molecule has 2 amide bonds. The molecule has 0 unspecified atom stereocenters. The van der Waals surface area contributed by atoms with Gasteiger partial charge in [0, 0.05) is 19.2 Å². The predicted octanol–water partition coefficient (Wildman–Crippen LogP) is 0.899. The average Bonchev–Trinajstić information content (AvgIpc) is 3.23. The molecule has 1 aliphatic heterocycles. The van der Waals surface area contributed by atoms with Gasteiger partial charge in [-0.2, -0.15) is 0 Å². The molecular weight excluding hydrogens is 361 g/mol. The number of amides is 2. The molecule has 2 atom stereocenters. The van der Waals surface area contributed by atoms with Crippen molar-refractivity contribution in [3.63, 3.8) is 0 Å². The van der Waals surface area contributed by atoms with Gasteiger partial charge in [0.25, 0.3) is 0 Å². The lowest BCUT2D eigenvalue weighted by molar-refractivity contribution is -0.129. The molecule has 8 heteroatoms. The minimum absolute atomic E-state index is 0.200. The Balaban J connectivity index is 1.66. The van der Waals surface area contributed by atoms with Crippen LogP contribution in [0.3, 0.4) is 0 Å². The number of halogens is 1. The Morgan fingerprint density at radius 3 is 2.61 bits per heavy atom. The van der Waals surface area contributed by atoms with Gasteiger partial charge in [0.2, 0.25) is 11.8 Å². The molecule has 7 nitrogen and oxygen atoms in total. The number of rotatable bonds is 7. The Hall–Kier alpha value is -3.00. The summed E-state index contributed by atoms with van der Waals surface area (Å²) < 4.78 is 13.2. The molecule has 1 aliphatic rings. The van der Waals surface area contributed by atoms with Gasteiger partial charge in [0.15, 0.2) is 0 Å². The van der Waals surface area contributed by atoms with Crippen LogP contribution in [0.1, 0.15) is 24.0 Å². The van der Waals surface area contributed by atoms with Gasteiger partial charge >= 0.3 is 0 Å². The maximum Gasteiger partial charge on any atom is 0.243 e. The van der Waals surface area contributed by atoms with Crippen molar-refractivity contribution < 1.29 is 14.0 Å². The Kier molecular flexibility index (Phi) is 6.54. The topological polar surface area (TPSA) is 109 Å². The van der Waals surface area contributed by atoms with Gasteiger partial charge in [0.05, 0.1) is 6.04 Å². The Morgan fingerprint density at radius 1 is 1.21 bits per heavy atom. The van der Waals surface area contributed by atoms with Crippen LogP contribution in [0.4, 0.5) is 10.2 Å². The molecule has 1 aromatic heterocycles. The lowest BCUT2D eigenvalue weighted by atomic mass is 10.0. The summed E-state index contributed by atoms with van der Waals surface area (Å²) in [6, 6.07) is 8.28. The molecule has 0 saturated carbocycles. The van der Waals surface area contributed by atoms with Crippen LogP contribution in [0.5, 0.6) is 0 Å². The fourth-order valence-corrected chi connectivity index (χ4v) is 3.10. The van der Waals surface area contributed by atoms with E-state index in [1.54, 1.807) is 30.5 Å². The summed E-state index contributed by atoms with van der Waals surface area (Å²) in [5.74, 6) is -0.457. The van der Waals surface area contributed by atoms with Crippen molar-refractivity contribution >= 4 is 17.6 Å². The molecule has 1 fully saturated rings. The fourth-order valence-electron chi connectivity index (χ4n) is 3.10. The van der Waals surface area contributed by atoms with Crippen molar-refractivity contribution in [3.8, 4) is 0 Å². The number of nitrogens with one attached hydrogen (secondary N) is 3. The zero-order valence-corrected chi connectivity index (χ0v) is 15.5. The summed E-state index contributed by atoms with van der Waals surface area (Å²) in [5.41, 5.74) is 7.12. The van der Waals surface area contributed by atoms with Gasteiger partial charge < -0.3 is 21.7 Å². The minimum Gasteiger partial charge on any atom is -0.384 e. The first-order valence-corrected chi connectivity index (χ1v) is 9.27. The van der Waals surface area contributed by atoms with Crippen LogP contribution in [0.15, 0.2) is 42.6 Å². The first-order valence-electron chi connectivity index (χ1n) is 9.27. The average molecular weight is 385 g/mol. The molecule has 3 rings (SSSR count). The van der Waals surface area contributed by atoms with Crippen molar-refractivity contribution in [2.45, 2.75) is 37.9 Å². The van der Waals surface area contributed by atoms with E-state index in [0.29, 0.717) is 5.82 Å². The number of hydrogen-bond donors (Lipinski definition) is 4. The van der Waals surface area contributed by atoms with E-state index in [1.807, 2.05) is 0 Å². The smallest absolute Gasteiger partial charge is 0.243 e. The molecular formula is C20H24FN5O2. The van der Waals surface area contributed by atoms with Crippen LogP contribution in [0.25, 0.3) is 0 Å². The zero-order chi connectivity index (χ0) is 19.9. The monoisotopic (exact) mass is 385 g/mol. The molecule has 5 N–H and O–H groups in total. The molecule has 0 radical (unpaired) electrons. The first-order chi connectivity index (χ1) is 13.5. The van der Waals surface area contributed by atoms with E-state index < -0.39 is 6.04 Å². The number of anilines is 1. The van der Waals surface area contributed by atoms with Crippen LogP contribution >= 0.6 is 0 Å². The maximum atomic E-state index is 13.2. The number of benzene rings is 1. The summed E-state index contributed by atoms with van der Waals surface area (Å²) >= 11 is 0.